The van der Waals surface area contributed by atoms with E-state index in [1.54, 1.807) is 11.8 Å². The number of carbonyl (C=O) groups excluding carboxylic acids is 2. The molecule has 0 spiro atoms. The fourth-order valence-corrected chi connectivity index (χ4v) is 7.50. The van der Waals surface area contributed by atoms with Crippen molar-refractivity contribution in [1.29, 1.82) is 0 Å². The van der Waals surface area contributed by atoms with Gasteiger partial charge in [0.1, 0.15) is 11.7 Å². The molecule has 4 aliphatic rings. The zero-order chi connectivity index (χ0) is 22.3. The number of esters is 1. The van der Waals surface area contributed by atoms with Gasteiger partial charge >= 0.3 is 5.97 Å². The van der Waals surface area contributed by atoms with Gasteiger partial charge in [0.2, 0.25) is 0 Å². The number of amides is 1. The molecule has 1 heterocycles. The fourth-order valence-electron chi connectivity index (χ4n) is 7.03. The molecule has 2 aromatic rings. The molecule has 0 radical (unpaired) electrons. The highest BCUT2D eigenvalue weighted by atomic mass is 32.2. The van der Waals surface area contributed by atoms with Crippen LogP contribution in [0.4, 0.5) is 0 Å². The molecule has 6 rings (SSSR count). The van der Waals surface area contributed by atoms with Crippen molar-refractivity contribution in [3.05, 3.63) is 41.6 Å². The maximum atomic E-state index is 13.3. The van der Waals surface area contributed by atoms with Crippen LogP contribution in [0.25, 0.3) is 10.9 Å². The Balaban J connectivity index is 1.51. The van der Waals surface area contributed by atoms with Gasteiger partial charge in [-0.2, -0.15) is 11.8 Å². The van der Waals surface area contributed by atoms with Crippen LogP contribution in [0.1, 0.15) is 61.0 Å². The van der Waals surface area contributed by atoms with E-state index >= 15 is 0 Å². The summed E-state index contributed by atoms with van der Waals surface area (Å²) in [7, 11) is 1.36. The third kappa shape index (κ3) is 3.91. The van der Waals surface area contributed by atoms with Crippen LogP contribution >= 0.6 is 11.8 Å². The first-order chi connectivity index (χ1) is 15.5. The van der Waals surface area contributed by atoms with Gasteiger partial charge in [0.15, 0.2) is 0 Å². The van der Waals surface area contributed by atoms with E-state index in [2.05, 4.69) is 17.4 Å². The van der Waals surface area contributed by atoms with Gasteiger partial charge in [0.25, 0.3) is 5.91 Å². The normalized spacial score (nSPS) is 29.1. The van der Waals surface area contributed by atoms with Gasteiger partial charge in [-0.3, -0.25) is 4.79 Å². The van der Waals surface area contributed by atoms with E-state index in [1.807, 2.05) is 24.5 Å². The molecule has 1 atom stereocenters. The van der Waals surface area contributed by atoms with Gasteiger partial charge in [-0.25, -0.2) is 9.78 Å². The first kappa shape index (κ1) is 21.7. The highest BCUT2D eigenvalue weighted by Gasteiger charge is 2.52. The van der Waals surface area contributed by atoms with Crippen molar-refractivity contribution in [2.75, 3.05) is 19.1 Å². The first-order valence-electron chi connectivity index (χ1n) is 11.8. The molecule has 6 heteroatoms. The molecule has 4 bridgehead atoms. The Hall–Kier alpha value is -2.08. The number of hydrogen-bond acceptors (Lipinski definition) is 5. The second-order valence-electron chi connectivity index (χ2n) is 10.1. The number of nitrogens with zero attached hydrogens (tertiary/aromatic N) is 1. The van der Waals surface area contributed by atoms with Crippen LogP contribution in [0.3, 0.4) is 0 Å². The van der Waals surface area contributed by atoms with Crippen LogP contribution in [0, 0.1) is 17.8 Å². The molecular weight excluding hydrogens is 420 g/mol. The molecule has 0 unspecified atom stereocenters. The average Bonchev–Trinajstić information content (AvgIpc) is 2.79. The zero-order valence-corrected chi connectivity index (χ0v) is 19.7. The number of benzene rings is 1. The van der Waals surface area contributed by atoms with Crippen LogP contribution in [-0.2, 0) is 14.9 Å². The quantitative estimate of drug-likeness (QED) is 0.615. The van der Waals surface area contributed by atoms with Crippen molar-refractivity contribution >= 4 is 34.5 Å². The standard InChI is InChI=1S/C26H32N2O3S/c1-31-25(30)22(7-8-32-2)28-24(29)23-12-20(19-5-3-4-6-21(19)27-23)26-13-16-9-17(14-26)11-18(10-16)15-26/h3-6,12,16-18,22H,7-11,13-15H2,1-2H3,(H,28,29)/t16?,17?,18?,22-,26?/m0/s1. The summed E-state index contributed by atoms with van der Waals surface area (Å²) in [4.78, 5) is 30.2. The second kappa shape index (κ2) is 8.69. The van der Waals surface area contributed by atoms with E-state index in [4.69, 9.17) is 9.72 Å². The smallest absolute Gasteiger partial charge is 0.328 e. The van der Waals surface area contributed by atoms with Crippen LogP contribution in [0.2, 0.25) is 0 Å². The fraction of sp³-hybridized carbons (Fsp3) is 0.577. The molecule has 1 N–H and O–H groups in total. The molecule has 4 aliphatic carbocycles. The molecule has 4 fully saturated rings. The number of thioether (sulfide) groups is 1. The van der Waals surface area contributed by atoms with Gasteiger partial charge in [0, 0.05) is 5.39 Å². The Kier molecular flexibility index (Phi) is 5.91. The third-order valence-corrected chi connectivity index (χ3v) is 8.60. The minimum absolute atomic E-state index is 0.160. The summed E-state index contributed by atoms with van der Waals surface area (Å²) in [6.07, 6.45) is 10.4. The van der Waals surface area contributed by atoms with Gasteiger partial charge in [0.05, 0.1) is 12.6 Å². The Labute approximate surface area is 194 Å². The number of rotatable bonds is 7. The summed E-state index contributed by atoms with van der Waals surface area (Å²) in [5.74, 6) is 2.53. The van der Waals surface area contributed by atoms with Crippen LogP contribution < -0.4 is 5.32 Å². The summed E-state index contributed by atoms with van der Waals surface area (Å²) in [6, 6.07) is 9.60. The lowest BCUT2D eigenvalue weighted by Crippen LogP contribution is -2.48. The summed E-state index contributed by atoms with van der Waals surface area (Å²) < 4.78 is 4.92. The van der Waals surface area contributed by atoms with E-state index in [0.29, 0.717) is 12.1 Å². The van der Waals surface area contributed by atoms with Gasteiger partial charge in [-0.15, -0.1) is 0 Å². The maximum absolute atomic E-state index is 13.3. The van der Waals surface area contributed by atoms with Crippen molar-refractivity contribution < 1.29 is 14.3 Å². The van der Waals surface area contributed by atoms with Crippen molar-refractivity contribution in [2.24, 2.45) is 17.8 Å². The first-order valence-corrected chi connectivity index (χ1v) is 13.2. The monoisotopic (exact) mass is 452 g/mol. The number of nitrogens with one attached hydrogen (secondary N) is 1. The number of ether oxygens (including phenoxy) is 1. The molecule has 1 amide bonds. The van der Waals surface area contributed by atoms with E-state index in [0.717, 1.165) is 29.0 Å². The highest BCUT2D eigenvalue weighted by molar-refractivity contribution is 7.98. The van der Waals surface area contributed by atoms with Gasteiger partial charge < -0.3 is 10.1 Å². The summed E-state index contributed by atoms with van der Waals surface area (Å²) in [6.45, 7) is 0. The molecule has 0 aliphatic heterocycles. The minimum atomic E-state index is -0.656. The van der Waals surface area contributed by atoms with E-state index in [-0.39, 0.29) is 11.3 Å². The Morgan fingerprint density at radius 3 is 2.44 bits per heavy atom. The number of carbonyl (C=O) groups is 2. The molecular formula is C26H32N2O3S. The van der Waals surface area contributed by atoms with Gasteiger partial charge in [-0.05, 0) is 97.8 Å². The van der Waals surface area contributed by atoms with Gasteiger partial charge in [-0.1, -0.05) is 18.2 Å². The second-order valence-corrected chi connectivity index (χ2v) is 11.1. The number of pyridine rings is 1. The lowest BCUT2D eigenvalue weighted by Gasteiger charge is -2.57. The SMILES string of the molecule is COC(=O)[C@H](CCSC)NC(=O)c1cc(C23CC4CC(CC(C4)C2)C3)c2ccccc2n1. The summed E-state index contributed by atoms with van der Waals surface area (Å²) in [5.41, 5.74) is 2.73. The molecule has 170 valence electrons. The van der Waals surface area contributed by atoms with E-state index in [1.165, 1.54) is 56.6 Å². The average molecular weight is 453 g/mol. The topological polar surface area (TPSA) is 68.3 Å². The predicted octanol–water partition coefficient (Wildman–Crippen LogP) is 4.73. The molecule has 1 aromatic heterocycles. The molecule has 4 saturated carbocycles. The Morgan fingerprint density at radius 2 is 1.81 bits per heavy atom. The highest BCUT2D eigenvalue weighted by Crippen LogP contribution is 2.61. The minimum Gasteiger partial charge on any atom is -0.467 e. The summed E-state index contributed by atoms with van der Waals surface area (Å²) in [5, 5.41) is 4.07. The number of fused-ring (bicyclic) bond motifs is 1. The van der Waals surface area contributed by atoms with Crippen molar-refractivity contribution in [3.63, 3.8) is 0 Å². The lowest BCUT2D eigenvalue weighted by atomic mass is 9.48. The largest absolute Gasteiger partial charge is 0.467 e. The molecule has 1 aromatic carbocycles. The van der Waals surface area contributed by atoms with Crippen molar-refractivity contribution in [2.45, 2.75) is 56.4 Å². The predicted molar refractivity (Wildman–Crippen MR) is 128 cm³/mol. The summed E-state index contributed by atoms with van der Waals surface area (Å²) >= 11 is 1.64. The lowest BCUT2D eigenvalue weighted by molar-refractivity contribution is -0.142. The number of hydrogen-bond donors (Lipinski definition) is 1. The Bertz CT molecular complexity index is 1000. The number of aromatic nitrogens is 1. The molecule has 32 heavy (non-hydrogen) atoms. The van der Waals surface area contributed by atoms with Crippen LogP contribution in [-0.4, -0.2) is 42.0 Å². The van der Waals surface area contributed by atoms with E-state index < -0.39 is 12.0 Å². The Morgan fingerprint density at radius 1 is 1.16 bits per heavy atom. The zero-order valence-electron chi connectivity index (χ0n) is 18.9. The van der Waals surface area contributed by atoms with Crippen LogP contribution in [0.5, 0.6) is 0 Å². The maximum Gasteiger partial charge on any atom is 0.328 e. The van der Waals surface area contributed by atoms with Crippen molar-refractivity contribution in [1.82, 2.24) is 10.3 Å². The number of methoxy groups -OCH3 is 1. The molecule has 5 nitrogen and oxygen atoms in total. The van der Waals surface area contributed by atoms with Crippen molar-refractivity contribution in [3.8, 4) is 0 Å². The van der Waals surface area contributed by atoms with E-state index in [9.17, 15) is 9.59 Å². The van der Waals surface area contributed by atoms with Crippen LogP contribution in [0.15, 0.2) is 30.3 Å². The number of para-hydroxylation sites is 1. The third-order valence-electron chi connectivity index (χ3n) is 7.96. The molecule has 0 saturated heterocycles.